The van der Waals surface area contributed by atoms with Crippen LogP contribution in [-0.2, 0) is 0 Å². The molecule has 0 saturated carbocycles. The van der Waals surface area contributed by atoms with Crippen molar-refractivity contribution in [2.24, 2.45) is 5.92 Å². The fraction of sp³-hybridized carbons (Fsp3) is 0.500. The minimum absolute atomic E-state index is 0.00406. The van der Waals surface area contributed by atoms with Crippen molar-refractivity contribution in [2.75, 3.05) is 0 Å². The van der Waals surface area contributed by atoms with Gasteiger partial charge in [-0.25, -0.2) is 0 Å². The van der Waals surface area contributed by atoms with Gasteiger partial charge in [-0.3, -0.25) is 0 Å². The van der Waals surface area contributed by atoms with Crippen molar-refractivity contribution in [2.45, 2.75) is 33.2 Å². The van der Waals surface area contributed by atoms with Gasteiger partial charge in [0.05, 0.1) is 6.10 Å². The lowest BCUT2D eigenvalue weighted by Crippen LogP contribution is -2.19. The molecule has 5 heteroatoms. The molecule has 0 aliphatic rings. The van der Waals surface area contributed by atoms with Crippen LogP contribution in [-0.4, -0.2) is 12.5 Å². The Morgan fingerprint density at radius 1 is 0.941 bits per heavy atom. The van der Waals surface area contributed by atoms with Crippen LogP contribution in [0.4, 0.5) is 13.2 Å². The maximum Gasteiger partial charge on any atom is 0.573 e. The number of halogens is 3. The molecule has 0 spiro atoms. The first-order valence-electron chi connectivity index (χ1n) is 5.30. The third kappa shape index (κ3) is 4.97. The average Bonchev–Trinajstić information content (AvgIpc) is 2.18. The van der Waals surface area contributed by atoms with Gasteiger partial charge in [-0.2, -0.15) is 0 Å². The maximum absolute atomic E-state index is 11.9. The zero-order valence-electron chi connectivity index (χ0n) is 9.91. The monoisotopic (exact) mass is 248 g/mol. The van der Waals surface area contributed by atoms with E-state index in [9.17, 15) is 13.2 Å². The number of hydrogen-bond acceptors (Lipinski definition) is 2. The average molecular weight is 248 g/mol. The van der Waals surface area contributed by atoms with E-state index in [2.05, 4.69) is 4.74 Å². The van der Waals surface area contributed by atoms with Crippen molar-refractivity contribution >= 4 is 0 Å². The van der Waals surface area contributed by atoms with E-state index in [1.54, 1.807) is 0 Å². The maximum atomic E-state index is 11.9. The summed E-state index contributed by atoms with van der Waals surface area (Å²) in [6.45, 7) is 5.92. The molecule has 0 aliphatic heterocycles. The van der Waals surface area contributed by atoms with E-state index in [0.717, 1.165) is 0 Å². The van der Waals surface area contributed by atoms with E-state index in [1.807, 2.05) is 20.8 Å². The molecule has 0 N–H and O–H groups in total. The van der Waals surface area contributed by atoms with Crippen LogP contribution in [0.15, 0.2) is 24.3 Å². The van der Waals surface area contributed by atoms with Gasteiger partial charge in [0.25, 0.3) is 0 Å². The first-order chi connectivity index (χ1) is 7.78. The summed E-state index contributed by atoms with van der Waals surface area (Å²) in [6.07, 6.45) is -4.66. The second-order valence-corrected chi connectivity index (χ2v) is 4.09. The number of ether oxygens (including phenoxy) is 2. The smallest absolute Gasteiger partial charge is 0.490 e. The summed E-state index contributed by atoms with van der Waals surface area (Å²) in [5.74, 6) is 0.615. The molecule has 0 saturated heterocycles. The van der Waals surface area contributed by atoms with Crippen molar-refractivity contribution in [3.8, 4) is 11.5 Å². The molecule has 96 valence electrons. The molecule has 0 heterocycles. The molecule has 0 fully saturated rings. The van der Waals surface area contributed by atoms with Crippen LogP contribution >= 0.6 is 0 Å². The van der Waals surface area contributed by atoms with Gasteiger partial charge in [0.15, 0.2) is 0 Å². The van der Waals surface area contributed by atoms with Gasteiger partial charge in [0.1, 0.15) is 11.5 Å². The van der Waals surface area contributed by atoms with Crippen molar-refractivity contribution in [3.63, 3.8) is 0 Å². The van der Waals surface area contributed by atoms with Crippen LogP contribution < -0.4 is 9.47 Å². The minimum atomic E-state index is -4.66. The van der Waals surface area contributed by atoms with E-state index >= 15 is 0 Å². The topological polar surface area (TPSA) is 18.5 Å². The lowest BCUT2D eigenvalue weighted by Gasteiger charge is -2.18. The van der Waals surface area contributed by atoms with Gasteiger partial charge in [0, 0.05) is 0 Å². The third-order valence-electron chi connectivity index (χ3n) is 2.32. The van der Waals surface area contributed by atoms with Crippen molar-refractivity contribution in [1.82, 2.24) is 0 Å². The molecule has 1 aromatic carbocycles. The largest absolute Gasteiger partial charge is 0.573 e. The first kappa shape index (κ1) is 13.7. The second kappa shape index (κ2) is 5.29. The second-order valence-electron chi connectivity index (χ2n) is 4.09. The van der Waals surface area contributed by atoms with Crippen LogP contribution in [0.2, 0.25) is 0 Å². The van der Waals surface area contributed by atoms with Crippen LogP contribution in [0.5, 0.6) is 11.5 Å². The van der Waals surface area contributed by atoms with Gasteiger partial charge >= 0.3 is 6.36 Å². The van der Waals surface area contributed by atoms with Gasteiger partial charge in [-0.15, -0.1) is 13.2 Å². The minimum Gasteiger partial charge on any atom is -0.490 e. The normalized spacial score (nSPS) is 13.6. The zero-order chi connectivity index (χ0) is 13.1. The molecule has 1 aromatic rings. The van der Waals surface area contributed by atoms with E-state index in [-0.39, 0.29) is 11.9 Å². The van der Waals surface area contributed by atoms with E-state index in [1.165, 1.54) is 24.3 Å². The first-order valence-corrected chi connectivity index (χ1v) is 5.30. The Hall–Kier alpha value is -1.39. The summed E-state index contributed by atoms with van der Waals surface area (Å²) in [5.41, 5.74) is 0. The molecule has 1 rings (SSSR count). The van der Waals surface area contributed by atoms with Crippen LogP contribution in [0.3, 0.4) is 0 Å². The Kier molecular flexibility index (Phi) is 4.26. The Labute approximate surface area is 98.3 Å². The van der Waals surface area contributed by atoms with Gasteiger partial charge < -0.3 is 9.47 Å². The van der Waals surface area contributed by atoms with Crippen LogP contribution in [0, 0.1) is 5.92 Å². The predicted octanol–water partition coefficient (Wildman–Crippen LogP) is 4.01. The highest BCUT2D eigenvalue weighted by molar-refractivity contribution is 5.31. The Bertz CT molecular complexity index is 344. The SMILES string of the molecule is CC(C)C(C)Oc1ccc(OC(F)(F)F)cc1. The Morgan fingerprint density at radius 3 is 1.82 bits per heavy atom. The molecule has 0 amide bonds. The van der Waals surface area contributed by atoms with E-state index in [0.29, 0.717) is 11.7 Å². The summed E-state index contributed by atoms with van der Waals surface area (Å²) in [7, 11) is 0. The molecule has 0 aliphatic carbocycles. The van der Waals surface area contributed by atoms with E-state index < -0.39 is 6.36 Å². The molecule has 0 bridgehead atoms. The molecular formula is C12H15F3O2. The quantitative estimate of drug-likeness (QED) is 0.801. The van der Waals surface area contributed by atoms with Crippen molar-refractivity contribution in [3.05, 3.63) is 24.3 Å². The molecule has 0 radical (unpaired) electrons. The van der Waals surface area contributed by atoms with Crippen molar-refractivity contribution in [1.29, 1.82) is 0 Å². The van der Waals surface area contributed by atoms with Crippen molar-refractivity contribution < 1.29 is 22.6 Å². The fourth-order valence-corrected chi connectivity index (χ4v) is 1.07. The molecule has 17 heavy (non-hydrogen) atoms. The number of benzene rings is 1. The van der Waals surface area contributed by atoms with Gasteiger partial charge in [-0.1, -0.05) is 13.8 Å². The molecule has 1 unspecified atom stereocenters. The standard InChI is InChI=1S/C12H15F3O2/c1-8(2)9(3)16-10-4-6-11(7-5-10)17-12(13,14)15/h4-9H,1-3H3. The summed E-state index contributed by atoms with van der Waals surface area (Å²) < 4.78 is 45.0. The lowest BCUT2D eigenvalue weighted by atomic mass is 10.1. The Morgan fingerprint density at radius 2 is 1.41 bits per heavy atom. The predicted molar refractivity (Wildman–Crippen MR) is 58.1 cm³/mol. The molecular weight excluding hydrogens is 233 g/mol. The summed E-state index contributed by atoms with van der Waals surface area (Å²) in [5, 5.41) is 0. The number of rotatable bonds is 4. The van der Waals surface area contributed by atoms with Crippen LogP contribution in [0.25, 0.3) is 0 Å². The molecule has 0 aromatic heterocycles. The number of hydrogen-bond donors (Lipinski definition) is 0. The highest BCUT2D eigenvalue weighted by Gasteiger charge is 2.30. The fourth-order valence-electron chi connectivity index (χ4n) is 1.07. The molecule has 1 atom stereocenters. The molecule has 2 nitrogen and oxygen atoms in total. The number of alkyl halides is 3. The lowest BCUT2D eigenvalue weighted by molar-refractivity contribution is -0.274. The third-order valence-corrected chi connectivity index (χ3v) is 2.32. The summed E-state index contributed by atoms with van der Waals surface area (Å²) in [6, 6.07) is 5.38. The van der Waals surface area contributed by atoms with E-state index in [4.69, 9.17) is 4.74 Å². The Balaban J connectivity index is 2.62. The zero-order valence-corrected chi connectivity index (χ0v) is 9.91. The van der Waals surface area contributed by atoms with Crippen LogP contribution in [0.1, 0.15) is 20.8 Å². The summed E-state index contributed by atoms with van der Waals surface area (Å²) >= 11 is 0. The summed E-state index contributed by atoms with van der Waals surface area (Å²) in [4.78, 5) is 0. The highest BCUT2D eigenvalue weighted by Crippen LogP contribution is 2.25. The van der Waals surface area contributed by atoms with Gasteiger partial charge in [-0.05, 0) is 37.1 Å². The highest BCUT2D eigenvalue weighted by atomic mass is 19.4. The van der Waals surface area contributed by atoms with Gasteiger partial charge in [0.2, 0.25) is 0 Å².